The Balaban J connectivity index is 2.19. The first kappa shape index (κ1) is 13.0. The number of rotatable bonds is 4. The van der Waals surface area contributed by atoms with Gasteiger partial charge in [-0.3, -0.25) is 10.1 Å². The molecule has 0 aliphatic heterocycles. The van der Waals surface area contributed by atoms with Crippen molar-refractivity contribution in [1.82, 2.24) is 4.98 Å². The molecule has 0 unspecified atom stereocenters. The molecule has 1 heterocycles. The highest BCUT2D eigenvalue weighted by Crippen LogP contribution is 2.26. The SMILES string of the molecule is O=C(O)c1sc(Cc2ccc([N+](=O)[O-])cc2)nc1O. The first-order valence-electron chi connectivity index (χ1n) is 5.12. The smallest absolute Gasteiger partial charge is 0.351 e. The lowest BCUT2D eigenvalue weighted by molar-refractivity contribution is -0.384. The minimum Gasteiger partial charge on any atom is -0.492 e. The number of carboxylic acids is 1. The summed E-state index contributed by atoms with van der Waals surface area (Å²) in [6.07, 6.45) is 0.309. The van der Waals surface area contributed by atoms with E-state index < -0.39 is 16.8 Å². The standard InChI is InChI=1S/C11H8N2O5S/c14-10-9(11(15)16)19-8(12-10)5-6-1-3-7(4-2-6)13(17)18/h1-4,14H,5H2,(H,15,16). The van der Waals surface area contributed by atoms with Crippen LogP contribution in [0.1, 0.15) is 20.2 Å². The maximum Gasteiger partial charge on any atom is 0.351 e. The molecule has 0 aliphatic carbocycles. The zero-order valence-electron chi connectivity index (χ0n) is 9.44. The number of nitrogens with zero attached hydrogens (tertiary/aromatic N) is 2. The molecule has 2 rings (SSSR count). The Morgan fingerprint density at radius 2 is 2.00 bits per heavy atom. The van der Waals surface area contributed by atoms with Crippen LogP contribution in [0.15, 0.2) is 24.3 Å². The zero-order valence-corrected chi connectivity index (χ0v) is 10.3. The fraction of sp³-hybridized carbons (Fsp3) is 0.0909. The molecule has 7 nitrogen and oxygen atoms in total. The molecule has 0 saturated heterocycles. The van der Waals surface area contributed by atoms with Gasteiger partial charge >= 0.3 is 5.97 Å². The molecule has 0 atom stereocenters. The lowest BCUT2D eigenvalue weighted by Crippen LogP contribution is -1.91. The summed E-state index contributed by atoms with van der Waals surface area (Å²) in [6.45, 7) is 0. The van der Waals surface area contributed by atoms with Crippen LogP contribution in [-0.4, -0.2) is 26.1 Å². The van der Waals surface area contributed by atoms with Gasteiger partial charge in [0.05, 0.1) is 4.92 Å². The summed E-state index contributed by atoms with van der Waals surface area (Å²) in [7, 11) is 0. The van der Waals surface area contributed by atoms with Gasteiger partial charge in [0.2, 0.25) is 5.88 Å². The first-order valence-corrected chi connectivity index (χ1v) is 5.94. The van der Waals surface area contributed by atoms with Gasteiger partial charge in [-0.05, 0) is 5.56 Å². The fourth-order valence-electron chi connectivity index (χ4n) is 1.48. The van der Waals surface area contributed by atoms with Gasteiger partial charge in [-0.25, -0.2) is 9.78 Å². The van der Waals surface area contributed by atoms with Gasteiger partial charge in [0.25, 0.3) is 5.69 Å². The first-order chi connectivity index (χ1) is 8.97. The third-order valence-corrected chi connectivity index (χ3v) is 3.38. The Bertz CT molecular complexity index is 635. The Labute approximate surface area is 110 Å². The Morgan fingerprint density at radius 3 is 2.47 bits per heavy atom. The maximum absolute atomic E-state index is 10.7. The van der Waals surface area contributed by atoms with Crippen molar-refractivity contribution in [3.63, 3.8) is 0 Å². The summed E-state index contributed by atoms with van der Waals surface area (Å²) in [5, 5.41) is 29.0. The molecule has 2 aromatic rings. The minimum atomic E-state index is -1.23. The number of nitro benzene ring substituents is 1. The highest BCUT2D eigenvalue weighted by molar-refractivity contribution is 7.13. The molecular weight excluding hydrogens is 272 g/mol. The van der Waals surface area contributed by atoms with Crippen molar-refractivity contribution < 1.29 is 19.9 Å². The zero-order chi connectivity index (χ0) is 14.0. The van der Waals surface area contributed by atoms with Gasteiger partial charge in [-0.15, -0.1) is 11.3 Å². The molecule has 0 spiro atoms. The molecule has 98 valence electrons. The van der Waals surface area contributed by atoms with Gasteiger partial charge in [-0.2, -0.15) is 0 Å². The van der Waals surface area contributed by atoms with Crippen LogP contribution >= 0.6 is 11.3 Å². The van der Waals surface area contributed by atoms with Gasteiger partial charge in [0.1, 0.15) is 5.01 Å². The van der Waals surface area contributed by atoms with Crippen LogP contribution in [0.4, 0.5) is 5.69 Å². The molecule has 0 radical (unpaired) electrons. The molecule has 0 saturated carbocycles. The predicted molar refractivity (Wildman–Crippen MR) is 66.6 cm³/mol. The summed E-state index contributed by atoms with van der Waals surface area (Å²) in [5.41, 5.74) is 0.730. The van der Waals surface area contributed by atoms with Crippen LogP contribution < -0.4 is 0 Å². The van der Waals surface area contributed by atoms with Crippen LogP contribution in [0.2, 0.25) is 0 Å². The molecular formula is C11H8N2O5S. The number of aromatic carboxylic acids is 1. The molecule has 2 N–H and O–H groups in total. The molecule has 0 fully saturated rings. The molecule has 19 heavy (non-hydrogen) atoms. The number of carbonyl (C=O) groups is 1. The highest BCUT2D eigenvalue weighted by Gasteiger charge is 2.16. The van der Waals surface area contributed by atoms with Crippen LogP contribution in [-0.2, 0) is 6.42 Å². The number of aromatic nitrogens is 1. The normalized spacial score (nSPS) is 10.3. The maximum atomic E-state index is 10.7. The van der Waals surface area contributed by atoms with Crippen molar-refractivity contribution in [1.29, 1.82) is 0 Å². The number of hydrogen-bond donors (Lipinski definition) is 2. The number of aromatic hydroxyl groups is 1. The second kappa shape index (κ2) is 5.02. The van der Waals surface area contributed by atoms with E-state index in [9.17, 15) is 20.0 Å². The number of benzene rings is 1. The van der Waals surface area contributed by atoms with Crippen LogP contribution in [0.3, 0.4) is 0 Å². The van der Waals surface area contributed by atoms with Gasteiger partial charge in [0.15, 0.2) is 4.88 Å². The predicted octanol–water partition coefficient (Wildman–Crippen LogP) is 2.05. The number of carboxylic acid groups (broad SMARTS) is 1. The quantitative estimate of drug-likeness (QED) is 0.654. The van der Waals surface area contributed by atoms with Crippen LogP contribution in [0.25, 0.3) is 0 Å². The van der Waals surface area contributed by atoms with Gasteiger partial charge < -0.3 is 10.2 Å². The van der Waals surface area contributed by atoms with E-state index in [1.54, 1.807) is 12.1 Å². The Kier molecular flexibility index (Phi) is 3.43. The van der Waals surface area contributed by atoms with Crippen molar-refractivity contribution in [2.24, 2.45) is 0 Å². The van der Waals surface area contributed by atoms with Crippen LogP contribution in [0.5, 0.6) is 5.88 Å². The number of hydrogen-bond acceptors (Lipinski definition) is 6. The summed E-state index contributed by atoms with van der Waals surface area (Å²) in [6, 6.07) is 5.86. The van der Waals surface area contributed by atoms with Crippen LogP contribution in [0, 0.1) is 10.1 Å². The van der Waals surface area contributed by atoms with Crippen molar-refractivity contribution in [2.45, 2.75) is 6.42 Å². The van der Waals surface area contributed by atoms with Crippen molar-refractivity contribution in [3.05, 3.63) is 49.8 Å². The summed E-state index contributed by atoms with van der Waals surface area (Å²) in [5.74, 6) is -1.74. The van der Waals surface area contributed by atoms with Gasteiger partial charge in [0, 0.05) is 18.6 Å². The van der Waals surface area contributed by atoms with Crippen molar-refractivity contribution >= 4 is 23.0 Å². The molecule has 1 aromatic carbocycles. The minimum absolute atomic E-state index is 0.0167. The third kappa shape index (κ3) is 2.86. The van der Waals surface area contributed by atoms with Crippen molar-refractivity contribution in [3.8, 4) is 5.88 Å². The molecule has 0 amide bonds. The summed E-state index contributed by atoms with van der Waals surface area (Å²) in [4.78, 5) is 24.3. The molecule has 8 heteroatoms. The van der Waals surface area contributed by atoms with E-state index in [1.165, 1.54) is 12.1 Å². The third-order valence-electron chi connectivity index (χ3n) is 2.35. The number of nitro groups is 1. The summed E-state index contributed by atoms with van der Waals surface area (Å²) < 4.78 is 0. The highest BCUT2D eigenvalue weighted by atomic mass is 32.1. The van der Waals surface area contributed by atoms with Gasteiger partial charge in [-0.1, -0.05) is 12.1 Å². The lowest BCUT2D eigenvalue weighted by atomic mass is 10.1. The summed E-state index contributed by atoms with van der Waals surface area (Å²) >= 11 is 0.878. The van der Waals surface area contributed by atoms with E-state index >= 15 is 0 Å². The number of thiazole rings is 1. The Hall–Kier alpha value is -2.48. The molecule has 0 bridgehead atoms. The Morgan fingerprint density at radius 1 is 1.37 bits per heavy atom. The van der Waals surface area contributed by atoms with E-state index in [4.69, 9.17) is 5.11 Å². The topological polar surface area (TPSA) is 114 Å². The van der Waals surface area contributed by atoms with E-state index in [1.807, 2.05) is 0 Å². The largest absolute Gasteiger partial charge is 0.492 e. The monoisotopic (exact) mass is 280 g/mol. The lowest BCUT2D eigenvalue weighted by Gasteiger charge is -1.97. The van der Waals surface area contributed by atoms with E-state index in [0.717, 1.165) is 16.9 Å². The number of non-ortho nitro benzene ring substituents is 1. The molecule has 0 aliphatic rings. The second-order valence-electron chi connectivity index (χ2n) is 3.67. The van der Waals surface area contributed by atoms with E-state index in [-0.39, 0.29) is 10.6 Å². The molecule has 1 aromatic heterocycles. The average molecular weight is 280 g/mol. The fourth-order valence-corrected chi connectivity index (χ4v) is 2.31. The van der Waals surface area contributed by atoms with E-state index in [2.05, 4.69) is 4.98 Å². The van der Waals surface area contributed by atoms with Crippen molar-refractivity contribution in [2.75, 3.05) is 0 Å². The van der Waals surface area contributed by atoms with E-state index in [0.29, 0.717) is 11.4 Å². The average Bonchev–Trinajstić information content (AvgIpc) is 2.71. The second-order valence-corrected chi connectivity index (χ2v) is 4.75.